The zero-order valence-electron chi connectivity index (χ0n) is 16.4. The van der Waals surface area contributed by atoms with E-state index in [9.17, 15) is 4.79 Å². The summed E-state index contributed by atoms with van der Waals surface area (Å²) in [6.07, 6.45) is 1.61. The Labute approximate surface area is 170 Å². The number of hydrogen-bond donors (Lipinski definition) is 1. The highest BCUT2D eigenvalue weighted by molar-refractivity contribution is 6.05. The Morgan fingerprint density at radius 3 is 2.45 bits per heavy atom. The van der Waals surface area contributed by atoms with Gasteiger partial charge in [-0.15, -0.1) is 0 Å². The number of nitrogens with one attached hydrogen (secondary N) is 1. The van der Waals surface area contributed by atoms with Crippen molar-refractivity contribution in [3.8, 4) is 0 Å². The quantitative estimate of drug-likeness (QED) is 0.718. The largest absolute Gasteiger partial charge is 0.378 e. The fourth-order valence-corrected chi connectivity index (χ4v) is 3.36. The Morgan fingerprint density at radius 1 is 1.00 bits per heavy atom. The van der Waals surface area contributed by atoms with Crippen molar-refractivity contribution in [2.45, 2.75) is 0 Å². The Kier molecular flexibility index (Phi) is 5.72. The zero-order chi connectivity index (χ0) is 20.1. The number of amides is 1. The van der Waals surface area contributed by atoms with Gasteiger partial charge in [0.15, 0.2) is 0 Å². The molecule has 3 aromatic rings. The average molecular weight is 388 g/mol. The van der Waals surface area contributed by atoms with Crippen molar-refractivity contribution in [2.75, 3.05) is 48.5 Å². The molecule has 1 saturated heterocycles. The molecule has 2 aromatic carbocycles. The Morgan fingerprint density at radius 2 is 1.72 bits per heavy atom. The molecule has 6 heteroatoms. The molecule has 1 N–H and O–H groups in total. The summed E-state index contributed by atoms with van der Waals surface area (Å²) in [4.78, 5) is 21.5. The second-order valence-electron chi connectivity index (χ2n) is 6.87. The molecule has 0 spiro atoms. The van der Waals surface area contributed by atoms with E-state index in [1.807, 2.05) is 72.6 Å². The van der Waals surface area contributed by atoms with Gasteiger partial charge in [0.1, 0.15) is 5.82 Å². The molecule has 1 amide bonds. The first-order valence-electron chi connectivity index (χ1n) is 9.70. The third kappa shape index (κ3) is 4.38. The maximum atomic E-state index is 12.8. The summed E-state index contributed by atoms with van der Waals surface area (Å²) in [5.74, 6) is 0.605. The predicted molar refractivity (Wildman–Crippen MR) is 116 cm³/mol. The lowest BCUT2D eigenvalue weighted by atomic mass is 10.2. The molecule has 0 unspecified atom stereocenters. The molecule has 1 aliphatic heterocycles. The summed E-state index contributed by atoms with van der Waals surface area (Å²) in [6.45, 7) is 3.02. The van der Waals surface area contributed by atoms with E-state index in [-0.39, 0.29) is 5.91 Å². The number of hydrogen-bond acceptors (Lipinski definition) is 5. The van der Waals surface area contributed by atoms with Gasteiger partial charge in [-0.1, -0.05) is 30.3 Å². The van der Waals surface area contributed by atoms with E-state index in [0.29, 0.717) is 18.8 Å². The smallest absolute Gasteiger partial charge is 0.257 e. The molecule has 6 nitrogen and oxygen atoms in total. The Balaban J connectivity index is 1.48. The van der Waals surface area contributed by atoms with Crippen LogP contribution in [0.3, 0.4) is 0 Å². The molecule has 0 bridgehead atoms. The number of anilines is 4. The fourth-order valence-electron chi connectivity index (χ4n) is 3.36. The van der Waals surface area contributed by atoms with Crippen LogP contribution in [0.5, 0.6) is 0 Å². The fraction of sp³-hybridized carbons (Fsp3) is 0.217. The van der Waals surface area contributed by atoms with Gasteiger partial charge in [0, 0.05) is 32.0 Å². The van der Waals surface area contributed by atoms with Crippen molar-refractivity contribution in [2.24, 2.45) is 0 Å². The zero-order valence-corrected chi connectivity index (χ0v) is 16.4. The predicted octanol–water partition coefficient (Wildman–Crippen LogP) is 3.94. The number of carbonyl (C=O) groups excluding carboxylic acids is 1. The van der Waals surface area contributed by atoms with Crippen LogP contribution in [0.25, 0.3) is 0 Å². The lowest BCUT2D eigenvalue weighted by molar-refractivity contribution is 0.102. The summed E-state index contributed by atoms with van der Waals surface area (Å²) in [7, 11) is 1.95. The van der Waals surface area contributed by atoms with E-state index in [4.69, 9.17) is 4.74 Å². The summed E-state index contributed by atoms with van der Waals surface area (Å²) in [5, 5.41) is 3.03. The molecule has 2 heterocycles. The highest BCUT2D eigenvalue weighted by Crippen LogP contribution is 2.27. The van der Waals surface area contributed by atoms with Crippen LogP contribution in [0.15, 0.2) is 72.9 Å². The summed E-state index contributed by atoms with van der Waals surface area (Å²) < 4.78 is 5.43. The Bertz CT molecular complexity index is 954. The summed E-state index contributed by atoms with van der Waals surface area (Å²) >= 11 is 0. The van der Waals surface area contributed by atoms with E-state index in [0.717, 1.165) is 36.0 Å². The Hall–Kier alpha value is -3.38. The van der Waals surface area contributed by atoms with Crippen molar-refractivity contribution < 1.29 is 9.53 Å². The summed E-state index contributed by atoms with van der Waals surface area (Å²) in [5.41, 5.74) is 3.37. The number of rotatable bonds is 5. The van der Waals surface area contributed by atoms with Crippen LogP contribution in [0, 0.1) is 0 Å². The number of carbonyl (C=O) groups is 1. The minimum absolute atomic E-state index is 0.174. The van der Waals surface area contributed by atoms with Gasteiger partial charge in [0.25, 0.3) is 5.91 Å². The van der Waals surface area contributed by atoms with E-state index in [2.05, 4.69) is 15.2 Å². The first-order chi connectivity index (χ1) is 14.2. The van der Waals surface area contributed by atoms with Gasteiger partial charge in [0.05, 0.1) is 30.2 Å². The maximum Gasteiger partial charge on any atom is 0.257 e. The van der Waals surface area contributed by atoms with E-state index >= 15 is 0 Å². The molecule has 0 radical (unpaired) electrons. The van der Waals surface area contributed by atoms with Crippen LogP contribution in [0.2, 0.25) is 0 Å². The van der Waals surface area contributed by atoms with E-state index in [1.165, 1.54) is 0 Å². The van der Waals surface area contributed by atoms with Crippen molar-refractivity contribution in [3.63, 3.8) is 0 Å². The third-order valence-corrected chi connectivity index (χ3v) is 5.00. The summed E-state index contributed by atoms with van der Waals surface area (Å²) in [6, 6.07) is 21.5. The SMILES string of the molecule is CN(c1ccccc1)c1ccc(C(=O)Nc2ccccc2N2CCOCC2)cn1. The van der Waals surface area contributed by atoms with Crippen molar-refractivity contribution in [3.05, 3.63) is 78.5 Å². The van der Waals surface area contributed by atoms with Crippen molar-refractivity contribution >= 4 is 28.8 Å². The van der Waals surface area contributed by atoms with Gasteiger partial charge in [-0.05, 0) is 36.4 Å². The molecular weight excluding hydrogens is 364 g/mol. The molecule has 1 aliphatic rings. The van der Waals surface area contributed by atoms with Crippen LogP contribution in [0.1, 0.15) is 10.4 Å². The maximum absolute atomic E-state index is 12.8. The number of aromatic nitrogens is 1. The number of pyridine rings is 1. The molecule has 4 rings (SSSR count). The number of nitrogens with zero attached hydrogens (tertiary/aromatic N) is 3. The molecule has 0 aliphatic carbocycles. The van der Waals surface area contributed by atoms with Gasteiger partial charge in [-0.3, -0.25) is 4.79 Å². The van der Waals surface area contributed by atoms with Gasteiger partial charge in [-0.25, -0.2) is 4.98 Å². The minimum Gasteiger partial charge on any atom is -0.378 e. The first kappa shape index (κ1) is 19.0. The van der Waals surface area contributed by atoms with Gasteiger partial charge in [-0.2, -0.15) is 0 Å². The minimum atomic E-state index is -0.174. The van der Waals surface area contributed by atoms with Crippen LogP contribution in [0.4, 0.5) is 22.9 Å². The molecule has 1 aromatic heterocycles. The number of benzene rings is 2. The average Bonchev–Trinajstić information content (AvgIpc) is 2.80. The van der Waals surface area contributed by atoms with Crippen LogP contribution >= 0.6 is 0 Å². The molecule has 29 heavy (non-hydrogen) atoms. The second-order valence-corrected chi connectivity index (χ2v) is 6.87. The number of ether oxygens (including phenoxy) is 1. The van der Waals surface area contributed by atoms with Crippen LogP contribution < -0.4 is 15.1 Å². The number of para-hydroxylation sites is 3. The van der Waals surface area contributed by atoms with Gasteiger partial charge < -0.3 is 19.9 Å². The molecule has 0 saturated carbocycles. The molecule has 148 valence electrons. The normalized spacial score (nSPS) is 13.8. The van der Waals surface area contributed by atoms with Gasteiger partial charge in [0.2, 0.25) is 0 Å². The topological polar surface area (TPSA) is 57.7 Å². The van der Waals surface area contributed by atoms with Crippen molar-refractivity contribution in [1.29, 1.82) is 0 Å². The van der Waals surface area contributed by atoms with E-state index in [1.54, 1.807) is 12.3 Å². The lowest BCUT2D eigenvalue weighted by Gasteiger charge is -2.30. The molecular formula is C23H24N4O2. The monoisotopic (exact) mass is 388 g/mol. The third-order valence-electron chi connectivity index (χ3n) is 5.00. The molecule has 1 fully saturated rings. The molecule has 0 atom stereocenters. The van der Waals surface area contributed by atoms with Gasteiger partial charge >= 0.3 is 0 Å². The number of morpholine rings is 1. The standard InChI is InChI=1S/C23H24N4O2/c1-26(19-7-3-2-4-8-19)22-12-11-18(17-24-22)23(28)25-20-9-5-6-10-21(20)27-13-15-29-16-14-27/h2-12,17H,13-16H2,1H3,(H,25,28). The highest BCUT2D eigenvalue weighted by atomic mass is 16.5. The first-order valence-corrected chi connectivity index (χ1v) is 9.70. The van der Waals surface area contributed by atoms with Crippen molar-refractivity contribution in [1.82, 2.24) is 4.98 Å². The second kappa shape index (κ2) is 8.75. The van der Waals surface area contributed by atoms with E-state index < -0.39 is 0 Å². The lowest BCUT2D eigenvalue weighted by Crippen LogP contribution is -2.36. The highest BCUT2D eigenvalue weighted by Gasteiger charge is 2.16. The van der Waals surface area contributed by atoms with Crippen LogP contribution in [-0.4, -0.2) is 44.2 Å². The van der Waals surface area contributed by atoms with Crippen LogP contribution in [-0.2, 0) is 4.74 Å².